The van der Waals surface area contributed by atoms with Gasteiger partial charge in [0, 0.05) is 13.5 Å². The van der Waals surface area contributed by atoms with E-state index in [9.17, 15) is 25.3 Å². The molecule has 4 rings (SSSR count). The van der Waals surface area contributed by atoms with Crippen LogP contribution in [0.25, 0.3) is 0 Å². The normalized spacial score (nSPS) is 21.7. The number of aryl methyl sites for hydroxylation is 3. The molecule has 3 aromatic rings. The summed E-state index contributed by atoms with van der Waals surface area (Å²) in [6.07, 6.45) is -5.90. The lowest BCUT2D eigenvalue weighted by Gasteiger charge is -2.39. The maximum atomic E-state index is 13.3. The molecule has 228 valence electrons. The maximum Gasteiger partial charge on any atom is 0.297 e. The predicted molar refractivity (Wildman–Crippen MR) is 151 cm³/mol. The van der Waals surface area contributed by atoms with E-state index in [0.29, 0.717) is 0 Å². The number of rotatable bonds is 11. The molecule has 1 heterocycles. The van der Waals surface area contributed by atoms with Gasteiger partial charge in [-0.2, -0.15) is 25.3 Å². The minimum absolute atomic E-state index is 0.133. The van der Waals surface area contributed by atoms with Crippen molar-refractivity contribution < 1.29 is 47.3 Å². The third-order valence-electron chi connectivity index (χ3n) is 6.55. The zero-order chi connectivity index (χ0) is 30.7. The molecule has 0 N–H and O–H groups in total. The van der Waals surface area contributed by atoms with Gasteiger partial charge in [0.1, 0.15) is 18.3 Å². The summed E-state index contributed by atoms with van der Waals surface area (Å²) in [4.78, 5) is -0.496. The van der Waals surface area contributed by atoms with Crippen molar-refractivity contribution >= 4 is 30.4 Å². The van der Waals surface area contributed by atoms with Crippen LogP contribution < -0.4 is 0 Å². The van der Waals surface area contributed by atoms with E-state index in [-0.39, 0.29) is 21.1 Å². The summed E-state index contributed by atoms with van der Waals surface area (Å²) in [7, 11) is -11.9. The van der Waals surface area contributed by atoms with E-state index in [4.69, 9.17) is 22.0 Å². The standard InChI is InChI=1S/C28H32O11S3/c1-19-5-11-22(12-6-19)40(29,30)36-18-26-28(39-42(33,34)24-15-9-21(3)10-16-24)25(17-27(35-4)37-26)38-41(31,32)23-13-7-20(2)8-14-23/h5-16,25-28H,17-18H2,1-4H3. The van der Waals surface area contributed by atoms with Crippen LogP contribution in [-0.4, -0.2) is 63.6 Å². The minimum Gasteiger partial charge on any atom is -0.356 e. The van der Waals surface area contributed by atoms with Gasteiger partial charge in [0.25, 0.3) is 30.4 Å². The Hall–Kier alpha value is -2.69. The Morgan fingerprint density at radius 1 is 0.643 bits per heavy atom. The number of ether oxygens (including phenoxy) is 2. The van der Waals surface area contributed by atoms with Crippen molar-refractivity contribution in [1.82, 2.24) is 0 Å². The molecule has 1 saturated heterocycles. The lowest BCUT2D eigenvalue weighted by atomic mass is 10.0. The third kappa shape index (κ3) is 7.82. The highest BCUT2D eigenvalue weighted by molar-refractivity contribution is 7.87. The van der Waals surface area contributed by atoms with Crippen molar-refractivity contribution in [3.63, 3.8) is 0 Å². The average molecular weight is 641 g/mol. The van der Waals surface area contributed by atoms with Crippen molar-refractivity contribution in [3.05, 3.63) is 89.5 Å². The fourth-order valence-corrected chi connectivity index (χ4v) is 7.29. The van der Waals surface area contributed by atoms with E-state index in [1.165, 1.54) is 43.5 Å². The highest BCUT2D eigenvalue weighted by Crippen LogP contribution is 2.32. The Morgan fingerprint density at radius 2 is 1.05 bits per heavy atom. The average Bonchev–Trinajstić information content (AvgIpc) is 2.93. The molecule has 1 fully saturated rings. The summed E-state index contributed by atoms with van der Waals surface area (Å²) in [5, 5.41) is 0. The van der Waals surface area contributed by atoms with Crippen LogP contribution in [0, 0.1) is 20.8 Å². The molecule has 1 aliphatic heterocycles. The van der Waals surface area contributed by atoms with Gasteiger partial charge in [-0.25, -0.2) is 0 Å². The molecule has 11 nitrogen and oxygen atoms in total. The molecule has 0 aromatic heterocycles. The summed E-state index contributed by atoms with van der Waals surface area (Å²) in [6, 6.07) is 17.6. The van der Waals surface area contributed by atoms with Crippen LogP contribution in [-0.2, 0) is 52.4 Å². The Kier molecular flexibility index (Phi) is 9.89. The zero-order valence-electron chi connectivity index (χ0n) is 23.4. The van der Waals surface area contributed by atoms with Crippen LogP contribution in [0.4, 0.5) is 0 Å². The monoisotopic (exact) mass is 640 g/mol. The van der Waals surface area contributed by atoms with Gasteiger partial charge in [-0.1, -0.05) is 53.1 Å². The van der Waals surface area contributed by atoms with Crippen LogP contribution in [0.5, 0.6) is 0 Å². The van der Waals surface area contributed by atoms with Crippen LogP contribution in [0.15, 0.2) is 87.5 Å². The van der Waals surface area contributed by atoms with Gasteiger partial charge < -0.3 is 9.47 Å². The van der Waals surface area contributed by atoms with Gasteiger partial charge in [-0.05, 0) is 57.2 Å². The Bertz CT molecular complexity index is 1680. The van der Waals surface area contributed by atoms with Gasteiger partial charge in [0.2, 0.25) is 0 Å². The molecule has 4 atom stereocenters. The summed E-state index contributed by atoms with van der Waals surface area (Å²) in [5.74, 6) is 0. The maximum absolute atomic E-state index is 13.3. The molecular weight excluding hydrogens is 608 g/mol. The van der Waals surface area contributed by atoms with E-state index in [2.05, 4.69) is 0 Å². The van der Waals surface area contributed by atoms with E-state index < -0.39 is 61.6 Å². The van der Waals surface area contributed by atoms with Gasteiger partial charge in [0.15, 0.2) is 6.29 Å². The van der Waals surface area contributed by atoms with Gasteiger partial charge in [-0.3, -0.25) is 12.5 Å². The first-order chi connectivity index (χ1) is 19.7. The predicted octanol–water partition coefficient (Wildman–Crippen LogP) is 3.63. The van der Waals surface area contributed by atoms with E-state index >= 15 is 0 Å². The molecule has 14 heteroatoms. The second-order valence-corrected chi connectivity index (χ2v) is 14.6. The molecule has 3 aromatic carbocycles. The molecular formula is C28H32O11S3. The first-order valence-electron chi connectivity index (χ1n) is 12.8. The second kappa shape index (κ2) is 12.9. The lowest BCUT2D eigenvalue weighted by Crippen LogP contribution is -2.54. The van der Waals surface area contributed by atoms with Crippen LogP contribution in [0.3, 0.4) is 0 Å². The number of benzene rings is 3. The van der Waals surface area contributed by atoms with Gasteiger partial charge in [0.05, 0.1) is 21.3 Å². The van der Waals surface area contributed by atoms with E-state index in [1.807, 2.05) is 0 Å². The molecule has 0 bridgehead atoms. The Morgan fingerprint density at radius 3 is 1.48 bits per heavy atom. The van der Waals surface area contributed by atoms with E-state index in [1.54, 1.807) is 57.2 Å². The smallest absolute Gasteiger partial charge is 0.297 e. The fourth-order valence-electron chi connectivity index (χ4n) is 4.15. The molecule has 0 radical (unpaired) electrons. The number of hydrogen-bond acceptors (Lipinski definition) is 11. The summed E-state index contributed by atoms with van der Waals surface area (Å²) < 4.78 is 106. The lowest BCUT2D eigenvalue weighted by molar-refractivity contribution is -0.236. The fraction of sp³-hybridized carbons (Fsp3) is 0.357. The van der Waals surface area contributed by atoms with Crippen LogP contribution in [0.2, 0.25) is 0 Å². The molecule has 42 heavy (non-hydrogen) atoms. The SMILES string of the molecule is COC1CC(OS(=O)(=O)c2ccc(C)cc2)C(OS(=O)(=O)c2ccc(C)cc2)C(COS(=O)(=O)c2ccc(C)cc2)O1. The highest BCUT2D eigenvalue weighted by Gasteiger charge is 2.46. The molecule has 0 spiro atoms. The minimum atomic E-state index is -4.50. The molecule has 4 unspecified atom stereocenters. The Labute approximate surface area is 246 Å². The van der Waals surface area contributed by atoms with Gasteiger partial charge in [-0.15, -0.1) is 0 Å². The Balaban J connectivity index is 1.68. The van der Waals surface area contributed by atoms with Gasteiger partial charge >= 0.3 is 0 Å². The molecule has 0 saturated carbocycles. The highest BCUT2D eigenvalue weighted by atomic mass is 32.2. The topological polar surface area (TPSA) is 149 Å². The quantitative estimate of drug-likeness (QED) is 0.283. The second-order valence-electron chi connectivity index (χ2n) is 9.86. The molecule has 0 amide bonds. The summed E-state index contributed by atoms with van der Waals surface area (Å²) in [6.45, 7) is 4.63. The summed E-state index contributed by atoms with van der Waals surface area (Å²) >= 11 is 0. The third-order valence-corrected chi connectivity index (χ3v) is 10.5. The van der Waals surface area contributed by atoms with Crippen molar-refractivity contribution in [3.8, 4) is 0 Å². The van der Waals surface area contributed by atoms with Crippen molar-refractivity contribution in [2.24, 2.45) is 0 Å². The zero-order valence-corrected chi connectivity index (χ0v) is 25.8. The van der Waals surface area contributed by atoms with E-state index in [0.717, 1.165) is 16.7 Å². The molecule has 0 aliphatic carbocycles. The molecule has 1 aliphatic rings. The number of methoxy groups -OCH3 is 1. The first kappa shape index (κ1) is 32.2. The van der Waals surface area contributed by atoms with Crippen LogP contribution in [0.1, 0.15) is 23.1 Å². The van der Waals surface area contributed by atoms with Crippen molar-refractivity contribution in [2.45, 2.75) is 66.5 Å². The first-order valence-corrected chi connectivity index (χ1v) is 17.1. The summed E-state index contributed by atoms with van der Waals surface area (Å²) in [5.41, 5.74) is 2.45. The largest absolute Gasteiger partial charge is 0.356 e. The number of hydrogen-bond donors (Lipinski definition) is 0. The van der Waals surface area contributed by atoms with Crippen molar-refractivity contribution in [2.75, 3.05) is 13.7 Å². The van der Waals surface area contributed by atoms with Crippen LogP contribution >= 0.6 is 0 Å². The van der Waals surface area contributed by atoms with Crippen molar-refractivity contribution in [1.29, 1.82) is 0 Å².